The first-order chi connectivity index (χ1) is 13.7. The van der Waals surface area contributed by atoms with Gasteiger partial charge in [0.05, 0.1) is 0 Å². The predicted molar refractivity (Wildman–Crippen MR) is 115 cm³/mol. The maximum Gasteiger partial charge on any atom is 0.129 e. The standard InChI is InChI=1S/C20H28Cl2N6/c21-19-3-1-17(13-25-19)15-27-9-5-23-7-11-28(12-8-24-6-10-27)16-18-2-4-20(22)26-14-18/h1-4,13-14,23-24H,5-12,15-16H2. The lowest BCUT2D eigenvalue weighted by Gasteiger charge is -2.26. The first-order valence-corrected chi connectivity index (χ1v) is 10.5. The number of halogens is 2. The third kappa shape index (κ3) is 7.62. The van der Waals surface area contributed by atoms with E-state index in [1.165, 1.54) is 11.1 Å². The summed E-state index contributed by atoms with van der Waals surface area (Å²) in [5.74, 6) is 0. The fourth-order valence-corrected chi connectivity index (χ4v) is 3.48. The molecule has 0 saturated carbocycles. The van der Waals surface area contributed by atoms with Gasteiger partial charge < -0.3 is 10.6 Å². The number of hydrogen-bond donors (Lipinski definition) is 2. The van der Waals surface area contributed by atoms with Crippen LogP contribution in [0.4, 0.5) is 0 Å². The van der Waals surface area contributed by atoms with Gasteiger partial charge >= 0.3 is 0 Å². The summed E-state index contributed by atoms with van der Waals surface area (Å²) in [4.78, 5) is 13.3. The third-order valence-corrected chi connectivity index (χ3v) is 5.26. The highest BCUT2D eigenvalue weighted by molar-refractivity contribution is 6.29. The zero-order chi connectivity index (χ0) is 19.6. The Morgan fingerprint density at radius 2 is 1.07 bits per heavy atom. The summed E-state index contributed by atoms with van der Waals surface area (Å²) in [6.45, 7) is 9.68. The molecule has 3 heterocycles. The minimum atomic E-state index is 0.541. The molecule has 0 radical (unpaired) electrons. The van der Waals surface area contributed by atoms with Crippen LogP contribution in [0.1, 0.15) is 11.1 Å². The number of nitrogens with zero attached hydrogens (tertiary/aromatic N) is 4. The van der Waals surface area contributed by atoms with Crippen LogP contribution in [0.25, 0.3) is 0 Å². The molecular formula is C20H28Cl2N6. The van der Waals surface area contributed by atoms with Gasteiger partial charge in [-0.3, -0.25) is 9.80 Å². The van der Waals surface area contributed by atoms with Crippen molar-refractivity contribution >= 4 is 23.2 Å². The smallest absolute Gasteiger partial charge is 0.129 e. The lowest BCUT2D eigenvalue weighted by Crippen LogP contribution is -2.42. The van der Waals surface area contributed by atoms with Crippen LogP contribution in [0, 0.1) is 0 Å². The van der Waals surface area contributed by atoms with Gasteiger partial charge in [0.15, 0.2) is 0 Å². The van der Waals surface area contributed by atoms with Crippen LogP contribution in [0.5, 0.6) is 0 Å². The number of rotatable bonds is 4. The normalized spacial score (nSPS) is 18.4. The molecular weight excluding hydrogens is 395 g/mol. The number of aromatic nitrogens is 2. The molecule has 152 valence electrons. The minimum absolute atomic E-state index is 0.541. The van der Waals surface area contributed by atoms with Crippen LogP contribution in [0.2, 0.25) is 10.3 Å². The van der Waals surface area contributed by atoms with E-state index >= 15 is 0 Å². The summed E-state index contributed by atoms with van der Waals surface area (Å²) in [6, 6.07) is 7.81. The molecule has 1 saturated heterocycles. The summed E-state index contributed by atoms with van der Waals surface area (Å²) in [6.07, 6.45) is 3.73. The van der Waals surface area contributed by atoms with Crippen molar-refractivity contribution in [3.05, 3.63) is 58.1 Å². The highest BCUT2D eigenvalue weighted by Crippen LogP contribution is 2.09. The molecule has 0 unspecified atom stereocenters. The van der Waals surface area contributed by atoms with Gasteiger partial charge in [0.25, 0.3) is 0 Å². The Hall–Kier alpha value is -1.28. The Bertz CT molecular complexity index is 621. The molecule has 1 aliphatic heterocycles. The van der Waals surface area contributed by atoms with Crippen molar-refractivity contribution in [3.63, 3.8) is 0 Å². The first-order valence-electron chi connectivity index (χ1n) is 9.76. The second-order valence-corrected chi connectivity index (χ2v) is 7.81. The Kier molecular flexibility index (Phi) is 8.92. The fraction of sp³-hybridized carbons (Fsp3) is 0.500. The maximum atomic E-state index is 5.89. The van der Waals surface area contributed by atoms with E-state index in [0.29, 0.717) is 10.3 Å². The van der Waals surface area contributed by atoms with Gasteiger partial charge in [0.1, 0.15) is 10.3 Å². The largest absolute Gasteiger partial charge is 0.314 e. The predicted octanol–water partition coefficient (Wildman–Crippen LogP) is 2.28. The third-order valence-electron chi connectivity index (χ3n) is 4.81. The topological polar surface area (TPSA) is 56.3 Å². The highest BCUT2D eigenvalue weighted by atomic mass is 35.5. The van der Waals surface area contributed by atoms with Crippen LogP contribution in [0.3, 0.4) is 0 Å². The lowest BCUT2D eigenvalue weighted by atomic mass is 10.2. The molecule has 8 heteroatoms. The zero-order valence-corrected chi connectivity index (χ0v) is 17.6. The van der Waals surface area contributed by atoms with Crippen molar-refractivity contribution < 1.29 is 0 Å². The quantitative estimate of drug-likeness (QED) is 0.737. The number of hydrogen-bond acceptors (Lipinski definition) is 6. The number of pyridine rings is 2. The van der Waals surface area contributed by atoms with Gasteiger partial charge in [-0.25, -0.2) is 9.97 Å². The average molecular weight is 423 g/mol. The Morgan fingerprint density at radius 3 is 1.39 bits per heavy atom. The van der Waals surface area contributed by atoms with E-state index in [2.05, 4.69) is 42.5 Å². The minimum Gasteiger partial charge on any atom is -0.314 e. The molecule has 1 aliphatic rings. The van der Waals surface area contributed by atoms with E-state index in [1.54, 1.807) is 0 Å². The summed E-state index contributed by atoms with van der Waals surface area (Å²) in [5, 5.41) is 8.23. The molecule has 1 fully saturated rings. The molecule has 2 N–H and O–H groups in total. The van der Waals surface area contributed by atoms with Crippen LogP contribution in [0.15, 0.2) is 36.7 Å². The van der Waals surface area contributed by atoms with E-state index in [-0.39, 0.29) is 0 Å². The van der Waals surface area contributed by atoms with Crippen LogP contribution in [-0.2, 0) is 13.1 Å². The molecule has 0 spiro atoms. The van der Waals surface area contributed by atoms with Gasteiger partial charge in [0.2, 0.25) is 0 Å². The number of nitrogens with one attached hydrogen (secondary N) is 2. The van der Waals surface area contributed by atoms with E-state index in [0.717, 1.165) is 65.4 Å². The Morgan fingerprint density at radius 1 is 0.679 bits per heavy atom. The second-order valence-electron chi connectivity index (χ2n) is 7.03. The Balaban J connectivity index is 1.47. The van der Waals surface area contributed by atoms with Gasteiger partial charge in [-0.05, 0) is 23.3 Å². The SMILES string of the molecule is Clc1ccc(CN2CCNCCN(Cc3ccc(Cl)nc3)CCNCC2)cn1. The van der Waals surface area contributed by atoms with E-state index in [4.69, 9.17) is 23.2 Å². The zero-order valence-electron chi connectivity index (χ0n) is 16.1. The average Bonchev–Trinajstić information content (AvgIpc) is 2.69. The van der Waals surface area contributed by atoms with Crippen molar-refractivity contribution in [3.8, 4) is 0 Å². The molecule has 0 bridgehead atoms. The monoisotopic (exact) mass is 422 g/mol. The van der Waals surface area contributed by atoms with Gasteiger partial charge in [-0.1, -0.05) is 35.3 Å². The van der Waals surface area contributed by atoms with Crippen LogP contribution < -0.4 is 10.6 Å². The molecule has 0 atom stereocenters. The summed E-state index contributed by atoms with van der Waals surface area (Å²) in [5.41, 5.74) is 2.39. The van der Waals surface area contributed by atoms with Gasteiger partial charge in [0, 0.05) is 77.8 Å². The second kappa shape index (κ2) is 11.7. The first kappa shape index (κ1) is 21.4. The summed E-state index contributed by atoms with van der Waals surface area (Å²) in [7, 11) is 0. The molecule has 0 amide bonds. The van der Waals surface area contributed by atoms with Gasteiger partial charge in [-0.2, -0.15) is 0 Å². The molecule has 28 heavy (non-hydrogen) atoms. The van der Waals surface area contributed by atoms with E-state index in [9.17, 15) is 0 Å². The van der Waals surface area contributed by atoms with Crippen molar-refractivity contribution in [2.75, 3.05) is 52.4 Å². The van der Waals surface area contributed by atoms with Crippen molar-refractivity contribution in [1.29, 1.82) is 0 Å². The van der Waals surface area contributed by atoms with Gasteiger partial charge in [-0.15, -0.1) is 0 Å². The fourth-order valence-electron chi connectivity index (χ4n) is 3.25. The van der Waals surface area contributed by atoms with Crippen molar-refractivity contribution in [2.24, 2.45) is 0 Å². The van der Waals surface area contributed by atoms with E-state index < -0.39 is 0 Å². The summed E-state index contributed by atoms with van der Waals surface area (Å²) >= 11 is 11.8. The highest BCUT2D eigenvalue weighted by Gasteiger charge is 2.10. The molecule has 0 aliphatic carbocycles. The molecule has 2 aromatic heterocycles. The summed E-state index contributed by atoms with van der Waals surface area (Å²) < 4.78 is 0. The van der Waals surface area contributed by atoms with Crippen LogP contribution in [-0.4, -0.2) is 72.1 Å². The molecule has 2 aromatic rings. The maximum absolute atomic E-state index is 5.89. The van der Waals surface area contributed by atoms with E-state index in [1.807, 2.05) is 24.5 Å². The van der Waals surface area contributed by atoms with Crippen LogP contribution >= 0.6 is 23.2 Å². The lowest BCUT2D eigenvalue weighted by molar-refractivity contribution is 0.233. The van der Waals surface area contributed by atoms with Crippen molar-refractivity contribution in [1.82, 2.24) is 30.4 Å². The molecule has 3 rings (SSSR count). The molecule has 0 aromatic carbocycles. The molecule has 6 nitrogen and oxygen atoms in total. The van der Waals surface area contributed by atoms with Crippen molar-refractivity contribution in [2.45, 2.75) is 13.1 Å². The Labute approximate surface area is 177 Å².